The van der Waals surface area contributed by atoms with Crippen molar-refractivity contribution in [3.05, 3.63) is 68.6 Å². The molecule has 2 rings (SSSR count). The van der Waals surface area contributed by atoms with E-state index in [2.05, 4.69) is 37.3 Å². The first-order valence-corrected chi connectivity index (χ1v) is 8.86. The highest BCUT2D eigenvalue weighted by molar-refractivity contribution is 9.10. The van der Waals surface area contributed by atoms with Gasteiger partial charge in [-0.15, -0.1) is 0 Å². The highest BCUT2D eigenvalue weighted by Crippen LogP contribution is 2.13. The summed E-state index contributed by atoms with van der Waals surface area (Å²) < 4.78 is 2.03. The average molecular weight is 442 g/mol. The van der Waals surface area contributed by atoms with Crippen LogP contribution < -0.4 is 5.43 Å². The van der Waals surface area contributed by atoms with Crippen LogP contribution in [0.25, 0.3) is 0 Å². The van der Waals surface area contributed by atoms with Crippen molar-refractivity contribution in [1.82, 2.24) is 10.4 Å². The van der Waals surface area contributed by atoms with Gasteiger partial charge in [0.2, 0.25) is 0 Å². The predicted octanol–water partition coefficient (Wildman–Crippen LogP) is 4.48. The summed E-state index contributed by atoms with van der Waals surface area (Å²) in [6.07, 6.45) is 0.463. The lowest BCUT2D eigenvalue weighted by Gasteiger charge is -2.20. The molecule has 0 radical (unpaired) electrons. The average Bonchev–Trinajstić information content (AvgIpc) is 2.50. The van der Waals surface area contributed by atoms with Gasteiger partial charge >= 0.3 is 6.09 Å². The minimum Gasteiger partial charge on any atom is -0.464 e. The largest absolute Gasteiger partial charge is 0.464 e. The topological polar surface area (TPSA) is 52.6 Å². The molecule has 0 aliphatic rings. The number of halogens is 2. The van der Waals surface area contributed by atoms with Crippen LogP contribution in [-0.4, -0.2) is 29.3 Å². The van der Waals surface area contributed by atoms with E-state index in [0.29, 0.717) is 19.5 Å². The Balaban J connectivity index is 1.83. The summed E-state index contributed by atoms with van der Waals surface area (Å²) >= 11 is 6.86. The van der Waals surface area contributed by atoms with Crippen LogP contribution in [0.5, 0.6) is 0 Å². The molecule has 0 saturated carbocycles. The molecule has 0 unspecified atom stereocenters. The van der Waals surface area contributed by atoms with Crippen LogP contribution >= 0.6 is 31.9 Å². The Morgan fingerprint density at radius 2 is 1.57 bits per heavy atom. The van der Waals surface area contributed by atoms with E-state index in [1.165, 1.54) is 5.01 Å². The van der Waals surface area contributed by atoms with Gasteiger partial charge in [0, 0.05) is 22.0 Å². The van der Waals surface area contributed by atoms with Crippen molar-refractivity contribution in [2.24, 2.45) is 0 Å². The zero-order valence-corrected chi connectivity index (χ0v) is 15.7. The molecule has 0 fully saturated rings. The lowest BCUT2D eigenvalue weighted by molar-refractivity contribution is 0.121. The number of carboxylic acid groups (broad SMARTS) is 1. The minimum absolute atomic E-state index is 0.407. The maximum Gasteiger partial charge on any atom is 0.421 e. The molecule has 2 N–H and O–H groups in total. The summed E-state index contributed by atoms with van der Waals surface area (Å²) in [5.41, 5.74) is 5.23. The van der Waals surface area contributed by atoms with Crippen molar-refractivity contribution in [3.8, 4) is 0 Å². The molecule has 122 valence electrons. The zero-order chi connectivity index (χ0) is 16.7. The van der Waals surface area contributed by atoms with Gasteiger partial charge in [-0.05, 0) is 48.2 Å². The Morgan fingerprint density at radius 3 is 2.09 bits per heavy atom. The maximum absolute atomic E-state index is 11.3. The van der Waals surface area contributed by atoms with Crippen molar-refractivity contribution in [3.63, 3.8) is 0 Å². The Hall–Kier alpha value is -1.37. The van der Waals surface area contributed by atoms with Crippen molar-refractivity contribution in [2.45, 2.75) is 12.8 Å². The number of benzene rings is 2. The van der Waals surface area contributed by atoms with Gasteiger partial charge in [-0.2, -0.15) is 0 Å². The molecule has 0 bridgehead atoms. The predicted molar refractivity (Wildman–Crippen MR) is 98.4 cm³/mol. The number of nitrogens with zero attached hydrogens (tertiary/aromatic N) is 1. The first-order valence-electron chi connectivity index (χ1n) is 7.27. The van der Waals surface area contributed by atoms with E-state index in [1.807, 2.05) is 48.5 Å². The number of rotatable bonds is 7. The third-order valence-electron chi connectivity index (χ3n) is 3.35. The molecule has 2 aromatic carbocycles. The molecule has 0 aromatic heterocycles. The SMILES string of the molecule is O=C(O)N(CCc1cccc(Br)c1)NCCc1cccc(Br)c1. The zero-order valence-electron chi connectivity index (χ0n) is 12.5. The van der Waals surface area contributed by atoms with Gasteiger partial charge in [-0.25, -0.2) is 15.2 Å². The summed E-state index contributed by atoms with van der Waals surface area (Å²) in [5, 5.41) is 10.5. The lowest BCUT2D eigenvalue weighted by Crippen LogP contribution is -2.44. The van der Waals surface area contributed by atoms with E-state index >= 15 is 0 Å². The highest BCUT2D eigenvalue weighted by Gasteiger charge is 2.11. The number of hydrogen-bond acceptors (Lipinski definition) is 2. The molecular weight excluding hydrogens is 424 g/mol. The van der Waals surface area contributed by atoms with Crippen molar-refractivity contribution >= 4 is 38.0 Å². The molecular formula is C17H18Br2N2O2. The normalized spacial score (nSPS) is 10.5. The molecule has 0 aliphatic heterocycles. The second-order valence-electron chi connectivity index (χ2n) is 5.10. The van der Waals surface area contributed by atoms with E-state index in [4.69, 9.17) is 0 Å². The molecule has 0 saturated heterocycles. The fraction of sp³-hybridized carbons (Fsp3) is 0.235. The summed E-state index contributed by atoms with van der Waals surface area (Å²) in [4.78, 5) is 11.3. The quantitative estimate of drug-likeness (QED) is 0.622. The molecule has 0 heterocycles. The van der Waals surface area contributed by atoms with E-state index in [-0.39, 0.29) is 0 Å². The van der Waals surface area contributed by atoms with Crippen LogP contribution in [-0.2, 0) is 12.8 Å². The summed E-state index contributed by atoms with van der Waals surface area (Å²) in [6, 6.07) is 15.9. The van der Waals surface area contributed by atoms with Gasteiger partial charge in [0.05, 0.1) is 0 Å². The first kappa shape index (κ1) is 18.0. The first-order chi connectivity index (χ1) is 11.0. The molecule has 6 heteroatoms. The van der Waals surface area contributed by atoms with Gasteiger partial charge in [-0.1, -0.05) is 56.1 Å². The number of nitrogens with one attached hydrogen (secondary N) is 1. The Kier molecular flexibility index (Phi) is 7.08. The molecule has 0 aliphatic carbocycles. The van der Waals surface area contributed by atoms with E-state index < -0.39 is 6.09 Å². The van der Waals surface area contributed by atoms with E-state index in [1.54, 1.807) is 0 Å². The molecule has 0 atom stereocenters. The van der Waals surface area contributed by atoms with Gasteiger partial charge < -0.3 is 5.11 Å². The van der Waals surface area contributed by atoms with Gasteiger partial charge in [0.25, 0.3) is 0 Å². The third kappa shape index (κ3) is 6.33. The van der Waals surface area contributed by atoms with Gasteiger partial charge in [0.1, 0.15) is 0 Å². The van der Waals surface area contributed by atoms with Gasteiger partial charge in [-0.3, -0.25) is 0 Å². The molecule has 1 amide bonds. The minimum atomic E-state index is -0.964. The number of amides is 1. The monoisotopic (exact) mass is 440 g/mol. The second kappa shape index (κ2) is 9.05. The molecule has 4 nitrogen and oxygen atoms in total. The van der Waals surface area contributed by atoms with Gasteiger partial charge in [0.15, 0.2) is 0 Å². The van der Waals surface area contributed by atoms with Crippen molar-refractivity contribution < 1.29 is 9.90 Å². The summed E-state index contributed by atoms with van der Waals surface area (Å²) in [6.45, 7) is 0.978. The van der Waals surface area contributed by atoms with Crippen LogP contribution in [0.3, 0.4) is 0 Å². The Labute approximate surface area is 152 Å². The fourth-order valence-electron chi connectivity index (χ4n) is 2.20. The second-order valence-corrected chi connectivity index (χ2v) is 6.93. The van der Waals surface area contributed by atoms with Crippen LogP contribution in [0, 0.1) is 0 Å². The van der Waals surface area contributed by atoms with Crippen LogP contribution in [0.4, 0.5) is 4.79 Å². The maximum atomic E-state index is 11.3. The third-order valence-corrected chi connectivity index (χ3v) is 4.34. The standard InChI is InChI=1S/C17H18Br2N2O2/c18-15-5-1-3-13(11-15)7-9-20-21(17(22)23)10-8-14-4-2-6-16(19)12-14/h1-6,11-12,20H,7-10H2,(H,22,23). The fourth-order valence-corrected chi connectivity index (χ4v) is 3.10. The van der Waals surface area contributed by atoms with Crippen LogP contribution in [0.15, 0.2) is 57.5 Å². The van der Waals surface area contributed by atoms with Crippen LogP contribution in [0.1, 0.15) is 11.1 Å². The van der Waals surface area contributed by atoms with Crippen molar-refractivity contribution in [2.75, 3.05) is 13.1 Å². The van der Waals surface area contributed by atoms with Crippen molar-refractivity contribution in [1.29, 1.82) is 0 Å². The Bertz CT molecular complexity index is 665. The number of hydrazine groups is 1. The van der Waals surface area contributed by atoms with Crippen LogP contribution in [0.2, 0.25) is 0 Å². The summed E-state index contributed by atoms with van der Waals surface area (Å²) in [5.74, 6) is 0. The smallest absolute Gasteiger partial charge is 0.421 e. The Morgan fingerprint density at radius 1 is 1.00 bits per heavy atom. The molecule has 2 aromatic rings. The molecule has 0 spiro atoms. The number of hydrogen-bond donors (Lipinski definition) is 2. The highest BCUT2D eigenvalue weighted by atomic mass is 79.9. The van der Waals surface area contributed by atoms with E-state index in [0.717, 1.165) is 26.5 Å². The summed E-state index contributed by atoms with van der Waals surface area (Å²) in [7, 11) is 0. The molecule has 23 heavy (non-hydrogen) atoms. The van der Waals surface area contributed by atoms with E-state index in [9.17, 15) is 9.90 Å². The number of carbonyl (C=O) groups is 1. The lowest BCUT2D eigenvalue weighted by atomic mass is 10.1.